The van der Waals surface area contributed by atoms with Crippen molar-refractivity contribution in [3.8, 4) is 0 Å². The van der Waals surface area contributed by atoms with Crippen LogP contribution in [0.5, 0.6) is 0 Å². The smallest absolute Gasteiger partial charge is 0.182 e. The second-order valence-electron chi connectivity index (χ2n) is 5.01. The largest absolute Gasteiger partial charge is 0.313 e. The second-order valence-corrected chi connectivity index (χ2v) is 6.09. The van der Waals surface area contributed by atoms with E-state index in [1.54, 1.807) is 0 Å². The molecule has 1 aliphatic rings. The third kappa shape index (κ3) is 2.79. The summed E-state index contributed by atoms with van der Waals surface area (Å²) >= 11 is 1.52. The van der Waals surface area contributed by atoms with Crippen molar-refractivity contribution in [3.63, 3.8) is 0 Å². The summed E-state index contributed by atoms with van der Waals surface area (Å²) in [5.41, 5.74) is 3.09. The van der Waals surface area contributed by atoms with E-state index in [0.717, 1.165) is 30.4 Å². The highest BCUT2D eigenvalue weighted by Gasteiger charge is 2.20. The molecule has 1 aromatic heterocycles. The Labute approximate surface area is 132 Å². The number of carbonyl (C=O) groups excluding carboxylic acids is 1. The number of aryl methyl sites for hydroxylation is 2. The molecule has 1 heterocycles. The molecule has 20 heavy (non-hydrogen) atoms. The van der Waals surface area contributed by atoms with Crippen molar-refractivity contribution >= 4 is 34.1 Å². The number of Topliss-reactive ketones (excluding diaryl/α,β-unsaturated/α-hetero) is 1. The van der Waals surface area contributed by atoms with Crippen LogP contribution in [0.1, 0.15) is 32.9 Å². The number of aromatic nitrogens is 1. The summed E-state index contributed by atoms with van der Waals surface area (Å²) in [5, 5.41) is 7.99. The Hall–Kier alpha value is -1.20. The number of carbonyl (C=O) groups is 1. The zero-order chi connectivity index (χ0) is 13.4. The van der Waals surface area contributed by atoms with Crippen molar-refractivity contribution in [2.45, 2.75) is 32.7 Å². The van der Waals surface area contributed by atoms with Crippen molar-refractivity contribution in [3.05, 3.63) is 50.8 Å². The van der Waals surface area contributed by atoms with Crippen LogP contribution in [-0.2, 0) is 19.4 Å². The molecule has 3 nitrogen and oxygen atoms in total. The summed E-state index contributed by atoms with van der Waals surface area (Å²) < 4.78 is 1.88. The minimum Gasteiger partial charge on any atom is -0.313 e. The lowest BCUT2D eigenvalue weighted by molar-refractivity contribution is 0.0970. The zero-order valence-electron chi connectivity index (χ0n) is 11.3. The summed E-state index contributed by atoms with van der Waals surface area (Å²) in [7, 11) is 0. The van der Waals surface area contributed by atoms with Gasteiger partial charge in [-0.1, -0.05) is 29.8 Å². The number of hydrogen-bond acceptors (Lipinski definition) is 3. The van der Waals surface area contributed by atoms with Crippen molar-refractivity contribution in [1.82, 2.24) is 4.57 Å². The van der Waals surface area contributed by atoms with E-state index in [0.29, 0.717) is 11.3 Å². The van der Waals surface area contributed by atoms with Gasteiger partial charge in [-0.15, -0.1) is 28.3 Å². The predicted octanol–water partition coefficient (Wildman–Crippen LogP) is 3.29. The Morgan fingerprint density at radius 1 is 1.30 bits per heavy atom. The monoisotopic (exact) mass is 352 g/mol. The summed E-state index contributed by atoms with van der Waals surface area (Å²) in [4.78, 5) is 14.1. The number of fused-ring (bicyclic) bond motifs is 1. The van der Waals surface area contributed by atoms with E-state index in [2.05, 4.69) is 0 Å². The van der Waals surface area contributed by atoms with Crippen LogP contribution < -0.4 is 4.80 Å². The van der Waals surface area contributed by atoms with Crippen LogP contribution in [-0.4, -0.2) is 10.4 Å². The van der Waals surface area contributed by atoms with E-state index in [1.165, 1.54) is 21.9 Å². The zero-order valence-corrected chi connectivity index (χ0v) is 13.8. The summed E-state index contributed by atoms with van der Waals surface area (Å²) in [5.74, 6) is 0.0889. The molecule has 0 radical (unpaired) electrons. The summed E-state index contributed by atoms with van der Waals surface area (Å²) in [6.07, 6.45) is 3.23. The average Bonchev–Trinajstić information content (AvgIpc) is 2.94. The maximum atomic E-state index is 12.3. The molecule has 0 unspecified atom stereocenters. The number of thiazole rings is 1. The number of benzene rings is 1. The molecule has 5 heteroatoms. The van der Waals surface area contributed by atoms with Gasteiger partial charge in [0.15, 0.2) is 10.6 Å². The molecule has 1 aliphatic carbocycles. The van der Waals surface area contributed by atoms with Crippen molar-refractivity contribution < 1.29 is 4.79 Å². The van der Waals surface area contributed by atoms with E-state index >= 15 is 0 Å². The van der Waals surface area contributed by atoms with Gasteiger partial charge in [-0.3, -0.25) is 10.2 Å². The molecule has 0 saturated carbocycles. The number of nitrogens with one attached hydrogen (secondary N) is 1. The molecular formula is C15H17BrN2OS. The van der Waals surface area contributed by atoms with E-state index in [4.69, 9.17) is 5.41 Å². The molecule has 2 aromatic rings. The van der Waals surface area contributed by atoms with Crippen LogP contribution in [0, 0.1) is 12.3 Å². The summed E-state index contributed by atoms with van der Waals surface area (Å²) in [6.45, 7) is 2.31. The van der Waals surface area contributed by atoms with Gasteiger partial charge in [-0.2, -0.15) is 0 Å². The topological polar surface area (TPSA) is 45.9 Å². The van der Waals surface area contributed by atoms with Gasteiger partial charge in [-0.05, 0) is 26.2 Å². The Bertz CT molecular complexity index is 685. The van der Waals surface area contributed by atoms with Gasteiger partial charge >= 0.3 is 0 Å². The number of hydrogen-bond donors (Lipinski definition) is 1. The SMILES string of the molecule is Br.Cc1ccc(C(=O)Cn2c3c(sc2=N)CCC3)cc1. The van der Waals surface area contributed by atoms with Gasteiger partial charge in [0.25, 0.3) is 0 Å². The average molecular weight is 353 g/mol. The molecule has 1 aromatic carbocycles. The molecule has 3 rings (SSSR count). The van der Waals surface area contributed by atoms with Gasteiger partial charge in [0, 0.05) is 16.1 Å². The standard InChI is InChI=1S/C15H16N2OS.BrH/c1-10-5-7-11(8-6-10)13(18)9-17-12-3-2-4-14(12)19-15(17)16;/h5-8,16H,2-4,9H2,1H3;1H. The summed E-state index contributed by atoms with van der Waals surface area (Å²) in [6, 6.07) is 7.65. The van der Waals surface area contributed by atoms with Gasteiger partial charge in [-0.25, -0.2) is 0 Å². The lowest BCUT2D eigenvalue weighted by atomic mass is 10.1. The van der Waals surface area contributed by atoms with Gasteiger partial charge < -0.3 is 4.57 Å². The van der Waals surface area contributed by atoms with Crippen LogP contribution >= 0.6 is 28.3 Å². The van der Waals surface area contributed by atoms with E-state index in [-0.39, 0.29) is 22.8 Å². The molecule has 106 valence electrons. The van der Waals surface area contributed by atoms with Crippen molar-refractivity contribution in [2.75, 3.05) is 0 Å². The van der Waals surface area contributed by atoms with Gasteiger partial charge in [0.2, 0.25) is 0 Å². The molecule has 0 atom stereocenters. The third-order valence-electron chi connectivity index (χ3n) is 3.61. The van der Waals surface area contributed by atoms with Crippen molar-refractivity contribution in [2.24, 2.45) is 0 Å². The maximum absolute atomic E-state index is 12.3. The Morgan fingerprint density at radius 2 is 2.00 bits per heavy atom. The third-order valence-corrected chi connectivity index (χ3v) is 4.71. The molecule has 0 amide bonds. The number of rotatable bonds is 3. The number of nitrogens with zero attached hydrogens (tertiary/aromatic N) is 1. The van der Waals surface area contributed by atoms with Crippen LogP contribution in [0.2, 0.25) is 0 Å². The van der Waals surface area contributed by atoms with E-state index in [1.807, 2.05) is 35.8 Å². The van der Waals surface area contributed by atoms with E-state index < -0.39 is 0 Å². The molecule has 0 saturated heterocycles. The number of ketones is 1. The molecular weight excluding hydrogens is 336 g/mol. The highest BCUT2D eigenvalue weighted by atomic mass is 79.9. The number of halogens is 1. The maximum Gasteiger partial charge on any atom is 0.182 e. The lowest BCUT2D eigenvalue weighted by Gasteiger charge is -2.06. The molecule has 0 aliphatic heterocycles. The Balaban J connectivity index is 0.00000147. The van der Waals surface area contributed by atoms with Crippen LogP contribution in [0.3, 0.4) is 0 Å². The first kappa shape index (κ1) is 15.2. The first-order valence-electron chi connectivity index (χ1n) is 6.51. The Morgan fingerprint density at radius 3 is 2.70 bits per heavy atom. The van der Waals surface area contributed by atoms with Crippen LogP contribution in [0.15, 0.2) is 24.3 Å². The normalized spacial score (nSPS) is 12.8. The predicted molar refractivity (Wildman–Crippen MR) is 86.0 cm³/mol. The molecule has 1 N–H and O–H groups in total. The molecule has 0 fully saturated rings. The lowest BCUT2D eigenvalue weighted by Crippen LogP contribution is -2.21. The minimum atomic E-state index is 0. The van der Waals surface area contributed by atoms with Crippen molar-refractivity contribution in [1.29, 1.82) is 5.41 Å². The minimum absolute atomic E-state index is 0. The quantitative estimate of drug-likeness (QED) is 0.846. The Kier molecular flexibility index (Phi) is 4.60. The van der Waals surface area contributed by atoms with Crippen LogP contribution in [0.25, 0.3) is 0 Å². The molecule has 0 spiro atoms. The fourth-order valence-corrected chi connectivity index (χ4v) is 3.63. The first-order valence-corrected chi connectivity index (χ1v) is 7.32. The highest BCUT2D eigenvalue weighted by molar-refractivity contribution is 8.93. The van der Waals surface area contributed by atoms with Crippen LogP contribution in [0.4, 0.5) is 0 Å². The van der Waals surface area contributed by atoms with E-state index in [9.17, 15) is 4.79 Å². The van der Waals surface area contributed by atoms with Gasteiger partial charge in [0.05, 0.1) is 6.54 Å². The first-order chi connectivity index (χ1) is 9.15. The second kappa shape index (κ2) is 6.06. The molecule has 0 bridgehead atoms. The van der Waals surface area contributed by atoms with Gasteiger partial charge in [0.1, 0.15) is 0 Å². The highest BCUT2D eigenvalue weighted by Crippen LogP contribution is 2.24. The fraction of sp³-hybridized carbons (Fsp3) is 0.333. The fourth-order valence-electron chi connectivity index (χ4n) is 2.53.